The maximum absolute atomic E-state index is 13.4. The quantitative estimate of drug-likeness (QED) is 0.286. The number of pyridine rings is 2. The number of benzene rings is 1. The molecule has 10 nitrogen and oxygen atoms in total. The summed E-state index contributed by atoms with van der Waals surface area (Å²) >= 11 is 0. The van der Waals surface area contributed by atoms with Crippen molar-refractivity contribution in [2.24, 2.45) is 0 Å². The van der Waals surface area contributed by atoms with Gasteiger partial charge in [0.05, 0.1) is 40.2 Å². The number of nitrogens with one attached hydrogen (secondary N) is 1. The van der Waals surface area contributed by atoms with Crippen LogP contribution in [0.4, 0.5) is 23.7 Å². The molecule has 1 saturated heterocycles. The highest BCUT2D eigenvalue weighted by molar-refractivity contribution is 5.78. The molecule has 2 aromatic heterocycles. The first-order valence-electron chi connectivity index (χ1n) is 15.3. The lowest BCUT2D eigenvalue weighted by Gasteiger charge is -2.43. The van der Waals surface area contributed by atoms with Gasteiger partial charge < -0.3 is 24.6 Å². The highest BCUT2D eigenvalue weighted by Gasteiger charge is 2.39. The number of halogens is 3. The first kappa shape index (κ1) is 35.0. The Labute approximate surface area is 272 Å². The van der Waals surface area contributed by atoms with Crippen LogP contribution in [0.15, 0.2) is 54.9 Å². The van der Waals surface area contributed by atoms with E-state index in [0.717, 1.165) is 17.7 Å². The van der Waals surface area contributed by atoms with E-state index < -0.39 is 29.0 Å². The number of nitrogens with zero attached hydrogens (tertiary/aromatic N) is 5. The predicted molar refractivity (Wildman–Crippen MR) is 170 cm³/mol. The maximum Gasteiger partial charge on any atom is 0.416 e. The van der Waals surface area contributed by atoms with Crippen LogP contribution in [0, 0.1) is 11.3 Å². The smallest absolute Gasteiger partial charge is 0.416 e. The van der Waals surface area contributed by atoms with E-state index in [1.165, 1.54) is 11.0 Å². The van der Waals surface area contributed by atoms with E-state index in [2.05, 4.69) is 15.3 Å². The number of amides is 2. The van der Waals surface area contributed by atoms with E-state index in [9.17, 15) is 28.0 Å². The number of hydrogen-bond donors (Lipinski definition) is 1. The molecule has 4 rings (SSSR count). The molecular formula is C34H39F3N6O4. The molecule has 250 valence electrons. The molecule has 0 saturated carbocycles. The molecule has 1 N–H and O–H groups in total. The molecule has 0 atom stereocenters. The van der Waals surface area contributed by atoms with Gasteiger partial charge >= 0.3 is 12.3 Å². The van der Waals surface area contributed by atoms with Crippen LogP contribution in [0.5, 0.6) is 5.88 Å². The third kappa shape index (κ3) is 8.69. The van der Waals surface area contributed by atoms with Crippen LogP contribution in [0.25, 0.3) is 11.3 Å². The van der Waals surface area contributed by atoms with Crippen molar-refractivity contribution in [3.8, 4) is 23.2 Å². The number of ether oxygens (including phenoxy) is 2. The Bertz CT molecular complexity index is 1610. The van der Waals surface area contributed by atoms with E-state index in [1.54, 1.807) is 46.3 Å². The van der Waals surface area contributed by atoms with Crippen LogP contribution in [0.3, 0.4) is 0 Å². The number of aromatic nitrogens is 2. The van der Waals surface area contributed by atoms with Crippen LogP contribution < -0.4 is 15.0 Å². The summed E-state index contributed by atoms with van der Waals surface area (Å²) in [6, 6.07) is 12.4. The molecule has 0 unspecified atom stereocenters. The molecule has 1 aromatic carbocycles. The predicted octanol–water partition coefficient (Wildman–Crippen LogP) is 6.30. The molecule has 0 aliphatic carbocycles. The molecule has 0 spiro atoms. The molecule has 47 heavy (non-hydrogen) atoms. The molecule has 2 amide bonds. The van der Waals surface area contributed by atoms with Gasteiger partial charge in [-0.15, -0.1) is 0 Å². The fraction of sp³-hybridized carbons (Fsp3) is 0.441. The average Bonchev–Trinajstić information content (AvgIpc) is 3.03. The summed E-state index contributed by atoms with van der Waals surface area (Å²) in [5, 5.41) is 12.8. The first-order chi connectivity index (χ1) is 22.2. The summed E-state index contributed by atoms with van der Waals surface area (Å²) in [5.74, 6) is 0.154. The molecule has 1 fully saturated rings. The summed E-state index contributed by atoms with van der Waals surface area (Å²) in [4.78, 5) is 38.0. The first-order valence-corrected chi connectivity index (χ1v) is 15.3. The highest BCUT2D eigenvalue weighted by atomic mass is 19.4. The van der Waals surface area contributed by atoms with Crippen LogP contribution >= 0.6 is 0 Å². The molecule has 13 heteroatoms. The van der Waals surface area contributed by atoms with Gasteiger partial charge in [-0.3, -0.25) is 9.78 Å². The second kappa shape index (κ2) is 14.3. The third-order valence-electron chi connectivity index (χ3n) is 7.80. The Morgan fingerprint density at radius 1 is 1.11 bits per heavy atom. The number of alkyl halides is 3. The number of carbonyl (C=O) groups is 2. The monoisotopic (exact) mass is 652 g/mol. The van der Waals surface area contributed by atoms with Crippen LogP contribution in [0.2, 0.25) is 0 Å². The lowest BCUT2D eigenvalue weighted by atomic mass is 9.81. The zero-order chi connectivity index (χ0) is 34.4. The van der Waals surface area contributed by atoms with Gasteiger partial charge in [0.15, 0.2) is 0 Å². The molecule has 0 bridgehead atoms. The molecule has 3 heterocycles. The van der Waals surface area contributed by atoms with Crippen LogP contribution in [0.1, 0.15) is 63.6 Å². The molecule has 1 aliphatic rings. The van der Waals surface area contributed by atoms with Crippen LogP contribution in [-0.4, -0.2) is 65.8 Å². The van der Waals surface area contributed by atoms with E-state index >= 15 is 0 Å². The van der Waals surface area contributed by atoms with Gasteiger partial charge in [0.25, 0.3) is 0 Å². The largest absolute Gasteiger partial charge is 0.477 e. The summed E-state index contributed by atoms with van der Waals surface area (Å²) in [7, 11) is 1.56. The lowest BCUT2D eigenvalue weighted by molar-refractivity contribution is -0.137. The standard InChI is InChI=1S/C34H39F3N6O4/c1-6-46-30-26(8-7-16-39-30)27-11-9-25(22-40-27)33(41-29(44)13-17-42(5)31(45)47-32(2,3)4)14-18-43(19-15-33)28-12-10-24(34(35,36)37)20-23(28)21-38/h7-12,16,20,22H,6,13-15,17-19H2,1-5H3,(H,41,44). The van der Waals surface area contributed by atoms with Gasteiger partial charge in [-0.05, 0) is 82.5 Å². The van der Waals surface area contributed by atoms with Crippen LogP contribution in [-0.2, 0) is 21.2 Å². The number of piperidine rings is 1. The Morgan fingerprint density at radius 3 is 2.43 bits per heavy atom. The van der Waals surface area contributed by atoms with Gasteiger partial charge in [0.1, 0.15) is 11.7 Å². The van der Waals surface area contributed by atoms with Crippen molar-refractivity contribution in [1.82, 2.24) is 20.2 Å². The van der Waals surface area contributed by atoms with Gasteiger partial charge in [0.2, 0.25) is 11.8 Å². The van der Waals surface area contributed by atoms with Crippen molar-refractivity contribution in [3.63, 3.8) is 0 Å². The lowest BCUT2D eigenvalue weighted by Crippen LogP contribution is -2.53. The SMILES string of the molecule is CCOc1ncccc1-c1ccc(C2(NC(=O)CCN(C)C(=O)OC(C)(C)C)CCN(c3ccc(C(F)(F)F)cc3C#N)CC2)cn1. The van der Waals surface area contributed by atoms with Gasteiger partial charge in [-0.25, -0.2) is 9.78 Å². The van der Waals surface area contributed by atoms with E-state index in [0.29, 0.717) is 55.4 Å². The zero-order valence-electron chi connectivity index (χ0n) is 27.1. The minimum absolute atomic E-state index is 0.0115. The van der Waals surface area contributed by atoms with Gasteiger partial charge in [0, 0.05) is 45.5 Å². The van der Waals surface area contributed by atoms with Crippen molar-refractivity contribution in [2.45, 2.75) is 64.3 Å². The topological polar surface area (TPSA) is 121 Å². The average molecular weight is 653 g/mol. The van der Waals surface area contributed by atoms with Gasteiger partial charge in [-0.1, -0.05) is 6.07 Å². The summed E-state index contributed by atoms with van der Waals surface area (Å²) < 4.78 is 51.0. The second-order valence-electron chi connectivity index (χ2n) is 12.3. The second-order valence-corrected chi connectivity index (χ2v) is 12.3. The van der Waals surface area contributed by atoms with Crippen molar-refractivity contribution in [1.29, 1.82) is 5.26 Å². The van der Waals surface area contributed by atoms with E-state index in [1.807, 2.05) is 36.1 Å². The summed E-state index contributed by atoms with van der Waals surface area (Å²) in [5.41, 5.74) is -0.0359. The molecule has 0 radical (unpaired) electrons. The number of anilines is 1. The van der Waals surface area contributed by atoms with Crippen molar-refractivity contribution in [2.75, 3.05) is 38.2 Å². The minimum Gasteiger partial charge on any atom is -0.477 e. The fourth-order valence-electron chi connectivity index (χ4n) is 5.40. The minimum atomic E-state index is -4.57. The number of nitriles is 1. The Hall–Kier alpha value is -4.86. The number of rotatable bonds is 9. The Balaban J connectivity index is 1.58. The van der Waals surface area contributed by atoms with Crippen molar-refractivity contribution in [3.05, 3.63) is 71.5 Å². The molecular weight excluding hydrogens is 613 g/mol. The van der Waals surface area contributed by atoms with Crippen molar-refractivity contribution < 1.29 is 32.2 Å². The summed E-state index contributed by atoms with van der Waals surface area (Å²) in [6.45, 7) is 8.39. The van der Waals surface area contributed by atoms with Crippen molar-refractivity contribution >= 4 is 17.7 Å². The Morgan fingerprint density at radius 2 is 1.83 bits per heavy atom. The summed E-state index contributed by atoms with van der Waals surface area (Å²) in [6.07, 6.45) is -1.01. The number of carbonyl (C=O) groups excluding carboxylic acids is 2. The maximum atomic E-state index is 13.4. The molecule has 3 aromatic rings. The molecule has 1 aliphatic heterocycles. The van der Waals surface area contributed by atoms with E-state index in [-0.39, 0.29) is 24.4 Å². The normalized spacial score (nSPS) is 14.6. The Kier molecular flexibility index (Phi) is 10.6. The third-order valence-corrected chi connectivity index (χ3v) is 7.80. The van der Waals surface area contributed by atoms with E-state index in [4.69, 9.17) is 9.47 Å². The zero-order valence-corrected chi connectivity index (χ0v) is 27.1. The highest BCUT2D eigenvalue weighted by Crippen LogP contribution is 2.38. The van der Waals surface area contributed by atoms with Gasteiger partial charge in [-0.2, -0.15) is 18.4 Å². The fourth-order valence-corrected chi connectivity index (χ4v) is 5.40. The number of hydrogen-bond acceptors (Lipinski definition) is 8.